The van der Waals surface area contributed by atoms with E-state index in [0.29, 0.717) is 5.55 Å². The van der Waals surface area contributed by atoms with Crippen LogP contribution in [0.1, 0.15) is 5.56 Å². The fourth-order valence-electron chi connectivity index (χ4n) is 3.74. The van der Waals surface area contributed by atoms with E-state index < -0.39 is 0 Å². The lowest BCUT2D eigenvalue weighted by Gasteiger charge is -2.09. The van der Waals surface area contributed by atoms with E-state index in [4.69, 9.17) is 14.7 Å². The average molecular weight is 366 g/mol. The number of nitrogens with zero attached hydrogens (tertiary/aromatic N) is 1. The van der Waals surface area contributed by atoms with Gasteiger partial charge in [0.05, 0.1) is 6.26 Å². The normalized spacial score (nSPS) is 12.1. The second-order valence-corrected chi connectivity index (χ2v) is 6.76. The minimum Gasteiger partial charge on any atom is -0.463 e. The third-order valence-corrected chi connectivity index (χ3v) is 5.11. The molecule has 4 heteroatoms. The zero-order valence-electron chi connectivity index (χ0n) is 15.3. The number of hydrogen-bond acceptors (Lipinski definition) is 4. The summed E-state index contributed by atoms with van der Waals surface area (Å²) in [6, 6.07) is 24.4. The molecule has 5 rings (SSSR count). The van der Waals surface area contributed by atoms with Crippen molar-refractivity contribution in [3.8, 4) is 22.3 Å². The third-order valence-electron chi connectivity index (χ3n) is 5.11. The van der Waals surface area contributed by atoms with Gasteiger partial charge in [-0.1, -0.05) is 60.7 Å². The van der Waals surface area contributed by atoms with Gasteiger partial charge in [0.2, 0.25) is 5.55 Å². The summed E-state index contributed by atoms with van der Waals surface area (Å²) in [6.45, 7) is 2.00. The van der Waals surface area contributed by atoms with Crippen LogP contribution in [0.4, 0.5) is 0 Å². The Labute approximate surface area is 161 Å². The molecule has 0 aliphatic heterocycles. The van der Waals surface area contributed by atoms with Crippen LogP contribution in [0.3, 0.4) is 0 Å². The molecule has 2 heterocycles. The quantitative estimate of drug-likeness (QED) is 0.327. The summed E-state index contributed by atoms with van der Waals surface area (Å²) in [5.41, 5.74) is 7.13. The molecule has 28 heavy (non-hydrogen) atoms. The molecule has 0 aliphatic rings. The van der Waals surface area contributed by atoms with E-state index in [0.717, 1.165) is 49.8 Å². The van der Waals surface area contributed by atoms with Crippen LogP contribution in [0.15, 0.2) is 93.0 Å². The van der Waals surface area contributed by atoms with Crippen LogP contribution in [-0.4, -0.2) is 0 Å². The second-order valence-electron chi connectivity index (χ2n) is 6.76. The van der Waals surface area contributed by atoms with Gasteiger partial charge in [-0.3, -0.25) is 0 Å². The topological polar surface area (TPSA) is 64.7 Å². The SMILES string of the molecule is Cc1c2occ(-c3ccccc3)c2cc2c(-c3ccccc3)cc(=NN)oc12. The van der Waals surface area contributed by atoms with Crippen LogP contribution < -0.4 is 11.4 Å². The molecular formula is C24H18N2O2. The third kappa shape index (κ3) is 2.50. The zero-order chi connectivity index (χ0) is 19.1. The number of furan rings is 1. The molecule has 0 radical (unpaired) electrons. The molecule has 2 aromatic heterocycles. The molecule has 3 aromatic carbocycles. The van der Waals surface area contributed by atoms with Gasteiger partial charge in [-0.2, -0.15) is 0 Å². The van der Waals surface area contributed by atoms with Crippen LogP contribution in [0.2, 0.25) is 0 Å². The Hall–Kier alpha value is -3.79. The molecule has 0 bridgehead atoms. The summed E-state index contributed by atoms with van der Waals surface area (Å²) in [7, 11) is 0. The summed E-state index contributed by atoms with van der Waals surface area (Å²) >= 11 is 0. The van der Waals surface area contributed by atoms with Crippen molar-refractivity contribution < 1.29 is 8.83 Å². The highest BCUT2D eigenvalue weighted by atomic mass is 16.3. The van der Waals surface area contributed by atoms with E-state index >= 15 is 0 Å². The standard InChI is InChI=1S/C24H18N2O2/c1-15-23-20(21(14-27-23)17-10-6-3-7-11-17)12-19-18(16-8-4-2-5-9-16)13-22(26-25)28-24(15)19/h2-14H,25H2,1H3. The van der Waals surface area contributed by atoms with E-state index in [2.05, 4.69) is 35.4 Å². The van der Waals surface area contributed by atoms with E-state index in [-0.39, 0.29) is 0 Å². The minimum atomic E-state index is 0.378. The molecule has 0 amide bonds. The summed E-state index contributed by atoms with van der Waals surface area (Å²) < 4.78 is 11.9. The predicted octanol–water partition coefficient (Wildman–Crippen LogP) is 5.60. The number of aryl methyl sites for hydroxylation is 1. The first-order valence-electron chi connectivity index (χ1n) is 9.09. The summed E-state index contributed by atoms with van der Waals surface area (Å²) in [4.78, 5) is 0. The van der Waals surface area contributed by atoms with Gasteiger partial charge in [-0.15, -0.1) is 5.10 Å². The number of rotatable bonds is 2. The Balaban J connectivity index is 1.91. The van der Waals surface area contributed by atoms with Crippen molar-refractivity contribution in [1.29, 1.82) is 0 Å². The number of hydrogen-bond donors (Lipinski definition) is 1. The van der Waals surface area contributed by atoms with Gasteiger partial charge in [0.15, 0.2) is 0 Å². The van der Waals surface area contributed by atoms with Crippen molar-refractivity contribution in [2.24, 2.45) is 10.9 Å². The average Bonchev–Trinajstić information content (AvgIpc) is 3.19. The van der Waals surface area contributed by atoms with Crippen molar-refractivity contribution >= 4 is 21.9 Å². The molecule has 0 atom stereocenters. The van der Waals surface area contributed by atoms with E-state index in [1.165, 1.54) is 0 Å². The first-order chi connectivity index (χ1) is 13.8. The Morgan fingerprint density at radius 2 is 1.36 bits per heavy atom. The van der Waals surface area contributed by atoms with Crippen LogP contribution in [0.25, 0.3) is 44.2 Å². The van der Waals surface area contributed by atoms with Crippen LogP contribution in [0.5, 0.6) is 0 Å². The van der Waals surface area contributed by atoms with E-state index in [9.17, 15) is 0 Å². The molecule has 0 saturated heterocycles. The summed E-state index contributed by atoms with van der Waals surface area (Å²) in [5.74, 6) is 5.54. The van der Waals surface area contributed by atoms with Crippen molar-refractivity contribution in [3.63, 3.8) is 0 Å². The Bertz CT molecular complexity index is 1360. The highest BCUT2D eigenvalue weighted by Crippen LogP contribution is 2.38. The lowest BCUT2D eigenvalue weighted by molar-refractivity contribution is 0.534. The highest BCUT2D eigenvalue weighted by Gasteiger charge is 2.17. The molecule has 0 fully saturated rings. The van der Waals surface area contributed by atoms with Gasteiger partial charge in [0, 0.05) is 28.0 Å². The van der Waals surface area contributed by atoms with Gasteiger partial charge >= 0.3 is 0 Å². The predicted molar refractivity (Wildman–Crippen MR) is 111 cm³/mol. The molecule has 0 spiro atoms. The first-order valence-corrected chi connectivity index (χ1v) is 9.09. The van der Waals surface area contributed by atoms with Crippen molar-refractivity contribution in [3.05, 3.63) is 90.2 Å². The van der Waals surface area contributed by atoms with Gasteiger partial charge in [0.1, 0.15) is 11.2 Å². The molecule has 136 valence electrons. The monoisotopic (exact) mass is 366 g/mol. The lowest BCUT2D eigenvalue weighted by atomic mass is 9.96. The molecule has 4 nitrogen and oxygen atoms in total. The molecule has 5 aromatic rings. The molecular weight excluding hydrogens is 348 g/mol. The van der Waals surface area contributed by atoms with Crippen LogP contribution in [-0.2, 0) is 0 Å². The van der Waals surface area contributed by atoms with Gasteiger partial charge in [0.25, 0.3) is 0 Å². The molecule has 2 N–H and O–H groups in total. The second kappa shape index (κ2) is 6.43. The number of benzene rings is 3. The lowest BCUT2D eigenvalue weighted by Crippen LogP contribution is -2.05. The smallest absolute Gasteiger partial charge is 0.236 e. The molecule has 0 saturated carbocycles. The maximum absolute atomic E-state index is 5.98. The van der Waals surface area contributed by atoms with Crippen LogP contribution >= 0.6 is 0 Å². The zero-order valence-corrected chi connectivity index (χ0v) is 15.3. The summed E-state index contributed by atoms with van der Waals surface area (Å²) in [5, 5.41) is 5.84. The fraction of sp³-hybridized carbons (Fsp3) is 0.0417. The van der Waals surface area contributed by atoms with Gasteiger partial charge < -0.3 is 14.7 Å². The largest absolute Gasteiger partial charge is 0.463 e. The number of fused-ring (bicyclic) bond motifs is 2. The number of nitrogens with two attached hydrogens (primary N) is 1. The maximum atomic E-state index is 5.98. The first kappa shape index (κ1) is 16.4. The minimum absolute atomic E-state index is 0.378. The maximum Gasteiger partial charge on any atom is 0.236 e. The summed E-state index contributed by atoms with van der Waals surface area (Å²) in [6.07, 6.45) is 1.81. The fourth-order valence-corrected chi connectivity index (χ4v) is 3.74. The van der Waals surface area contributed by atoms with E-state index in [1.807, 2.05) is 55.7 Å². The van der Waals surface area contributed by atoms with Crippen molar-refractivity contribution in [1.82, 2.24) is 0 Å². The highest BCUT2D eigenvalue weighted by molar-refractivity contribution is 6.07. The van der Waals surface area contributed by atoms with Gasteiger partial charge in [-0.05, 0) is 29.7 Å². The van der Waals surface area contributed by atoms with Crippen molar-refractivity contribution in [2.45, 2.75) is 6.92 Å². The van der Waals surface area contributed by atoms with Gasteiger partial charge in [-0.25, -0.2) is 0 Å². The molecule has 0 aliphatic carbocycles. The Morgan fingerprint density at radius 1 is 0.750 bits per heavy atom. The Kier molecular flexibility index (Phi) is 3.76. The van der Waals surface area contributed by atoms with E-state index in [1.54, 1.807) is 0 Å². The Morgan fingerprint density at radius 3 is 2.00 bits per heavy atom. The molecule has 0 unspecified atom stereocenters. The van der Waals surface area contributed by atoms with Crippen LogP contribution in [0, 0.1) is 6.92 Å². The van der Waals surface area contributed by atoms with Crippen molar-refractivity contribution in [2.75, 3.05) is 0 Å².